The molecule has 2 heterocycles. The first-order valence-corrected chi connectivity index (χ1v) is 5.37. The Labute approximate surface area is 84.6 Å². The van der Waals surface area contributed by atoms with Crippen LogP contribution in [0.15, 0.2) is 0 Å². The summed E-state index contributed by atoms with van der Waals surface area (Å²) in [6, 6.07) is 0.558. The number of nitrogens with one attached hydrogen (secondary N) is 1. The molecule has 0 amide bonds. The van der Waals surface area contributed by atoms with E-state index in [4.69, 9.17) is 4.74 Å². The quantitative estimate of drug-likeness (QED) is 0.602. The lowest BCUT2D eigenvalue weighted by Crippen LogP contribution is -2.59. The molecule has 0 aromatic heterocycles. The first kappa shape index (κ1) is 9.93. The van der Waals surface area contributed by atoms with Crippen LogP contribution >= 0.6 is 0 Å². The number of rotatable bonds is 1. The van der Waals surface area contributed by atoms with E-state index in [1.165, 1.54) is 13.5 Å². The maximum atomic E-state index is 11.5. The standard InChI is InChI=1S/C10H18N2O2/c1-14-10(13)9-4-2-3-8-7-11-5-6-12(8)9/h8-9,11H,2-7H2,1H3. The summed E-state index contributed by atoms with van der Waals surface area (Å²) >= 11 is 0. The predicted molar refractivity (Wildman–Crippen MR) is 53.0 cm³/mol. The van der Waals surface area contributed by atoms with E-state index in [2.05, 4.69) is 10.2 Å². The number of piperidine rings is 1. The minimum Gasteiger partial charge on any atom is -0.468 e. The van der Waals surface area contributed by atoms with Gasteiger partial charge in [0, 0.05) is 25.7 Å². The summed E-state index contributed by atoms with van der Waals surface area (Å²) in [5, 5.41) is 3.37. The maximum absolute atomic E-state index is 11.5. The van der Waals surface area contributed by atoms with Crippen molar-refractivity contribution in [2.75, 3.05) is 26.7 Å². The van der Waals surface area contributed by atoms with Crippen LogP contribution < -0.4 is 5.32 Å². The molecule has 2 unspecified atom stereocenters. The Kier molecular flexibility index (Phi) is 3.03. The Hall–Kier alpha value is -0.610. The average Bonchev–Trinajstić information content (AvgIpc) is 2.27. The number of hydrogen-bond donors (Lipinski definition) is 1. The summed E-state index contributed by atoms with van der Waals surface area (Å²) in [6.45, 7) is 2.99. The minimum absolute atomic E-state index is 0.0147. The second-order valence-electron chi connectivity index (χ2n) is 4.07. The van der Waals surface area contributed by atoms with Gasteiger partial charge in [0.2, 0.25) is 0 Å². The lowest BCUT2D eigenvalue weighted by atomic mass is 9.94. The number of carbonyl (C=O) groups is 1. The zero-order chi connectivity index (χ0) is 9.97. The number of fused-ring (bicyclic) bond motifs is 1. The van der Waals surface area contributed by atoms with Crippen molar-refractivity contribution in [1.29, 1.82) is 0 Å². The van der Waals surface area contributed by atoms with Gasteiger partial charge in [-0.3, -0.25) is 9.69 Å². The van der Waals surface area contributed by atoms with Crippen LogP contribution in [0.1, 0.15) is 19.3 Å². The van der Waals surface area contributed by atoms with Gasteiger partial charge in [-0.05, 0) is 19.3 Å². The van der Waals surface area contributed by atoms with E-state index in [-0.39, 0.29) is 12.0 Å². The summed E-state index contributed by atoms with van der Waals surface area (Å²) in [7, 11) is 1.48. The van der Waals surface area contributed by atoms with Gasteiger partial charge in [-0.25, -0.2) is 0 Å². The highest BCUT2D eigenvalue weighted by molar-refractivity contribution is 5.75. The molecule has 0 aromatic carbocycles. The molecule has 2 saturated heterocycles. The van der Waals surface area contributed by atoms with Crippen molar-refractivity contribution in [3.63, 3.8) is 0 Å². The van der Waals surface area contributed by atoms with Crippen molar-refractivity contribution in [1.82, 2.24) is 10.2 Å². The lowest BCUT2D eigenvalue weighted by Gasteiger charge is -2.43. The molecule has 0 aliphatic carbocycles. The smallest absolute Gasteiger partial charge is 0.323 e. The number of esters is 1. The molecule has 2 rings (SSSR count). The molecule has 80 valence electrons. The second-order valence-corrected chi connectivity index (χ2v) is 4.07. The Bertz CT molecular complexity index is 218. The van der Waals surface area contributed by atoms with Gasteiger partial charge in [0.15, 0.2) is 0 Å². The summed E-state index contributed by atoms with van der Waals surface area (Å²) in [4.78, 5) is 13.8. The van der Waals surface area contributed by atoms with Gasteiger partial charge >= 0.3 is 5.97 Å². The van der Waals surface area contributed by atoms with Crippen LogP contribution in [0, 0.1) is 0 Å². The molecule has 4 heteroatoms. The van der Waals surface area contributed by atoms with Gasteiger partial charge in [-0.15, -0.1) is 0 Å². The van der Waals surface area contributed by atoms with Crippen molar-refractivity contribution in [3.05, 3.63) is 0 Å². The number of nitrogens with zero attached hydrogens (tertiary/aromatic N) is 1. The fourth-order valence-corrected chi connectivity index (χ4v) is 2.56. The average molecular weight is 198 g/mol. The zero-order valence-corrected chi connectivity index (χ0v) is 8.66. The van der Waals surface area contributed by atoms with Crippen LogP contribution in [0.5, 0.6) is 0 Å². The molecule has 0 aromatic rings. The molecular weight excluding hydrogens is 180 g/mol. The molecule has 4 nitrogen and oxygen atoms in total. The first-order chi connectivity index (χ1) is 6.83. The summed E-state index contributed by atoms with van der Waals surface area (Å²) in [6.07, 6.45) is 3.31. The number of hydrogen-bond acceptors (Lipinski definition) is 4. The lowest BCUT2D eigenvalue weighted by molar-refractivity contribution is -0.150. The van der Waals surface area contributed by atoms with Crippen molar-refractivity contribution in [3.8, 4) is 0 Å². The fraction of sp³-hybridized carbons (Fsp3) is 0.900. The van der Waals surface area contributed by atoms with E-state index in [1.807, 2.05) is 0 Å². The van der Waals surface area contributed by atoms with E-state index >= 15 is 0 Å². The van der Waals surface area contributed by atoms with Crippen LogP contribution in [-0.4, -0.2) is 49.7 Å². The predicted octanol–water partition coefficient (Wildman–Crippen LogP) is -0.0143. The van der Waals surface area contributed by atoms with E-state index in [1.54, 1.807) is 0 Å². The number of ether oxygens (including phenoxy) is 1. The third-order valence-electron chi connectivity index (χ3n) is 3.28. The van der Waals surface area contributed by atoms with Crippen LogP contribution in [0.3, 0.4) is 0 Å². The summed E-state index contributed by atoms with van der Waals surface area (Å²) < 4.78 is 4.84. The van der Waals surface area contributed by atoms with Gasteiger partial charge < -0.3 is 10.1 Å². The molecule has 0 spiro atoms. The summed E-state index contributed by atoms with van der Waals surface area (Å²) in [5.41, 5.74) is 0. The molecule has 2 atom stereocenters. The van der Waals surface area contributed by atoms with E-state index in [0.717, 1.165) is 32.5 Å². The van der Waals surface area contributed by atoms with E-state index in [9.17, 15) is 4.79 Å². The topological polar surface area (TPSA) is 41.6 Å². The van der Waals surface area contributed by atoms with E-state index < -0.39 is 0 Å². The largest absolute Gasteiger partial charge is 0.468 e. The number of carbonyl (C=O) groups excluding carboxylic acids is 1. The maximum Gasteiger partial charge on any atom is 0.323 e. The van der Waals surface area contributed by atoms with Crippen LogP contribution in [0.2, 0.25) is 0 Å². The summed E-state index contributed by atoms with van der Waals surface area (Å²) in [5.74, 6) is -0.0587. The molecule has 2 fully saturated rings. The third-order valence-corrected chi connectivity index (χ3v) is 3.28. The normalized spacial score (nSPS) is 33.5. The van der Waals surface area contributed by atoms with Crippen LogP contribution in [0.25, 0.3) is 0 Å². The Morgan fingerprint density at radius 2 is 2.36 bits per heavy atom. The Morgan fingerprint density at radius 1 is 1.50 bits per heavy atom. The van der Waals surface area contributed by atoms with Gasteiger partial charge in [0.05, 0.1) is 7.11 Å². The van der Waals surface area contributed by atoms with Gasteiger partial charge in [-0.2, -0.15) is 0 Å². The van der Waals surface area contributed by atoms with Gasteiger partial charge in [0.1, 0.15) is 6.04 Å². The van der Waals surface area contributed by atoms with Gasteiger partial charge in [-0.1, -0.05) is 0 Å². The molecule has 1 N–H and O–H groups in total. The molecule has 0 bridgehead atoms. The molecule has 0 saturated carbocycles. The van der Waals surface area contributed by atoms with Crippen molar-refractivity contribution in [2.24, 2.45) is 0 Å². The Balaban J connectivity index is 2.04. The Morgan fingerprint density at radius 3 is 3.14 bits per heavy atom. The number of methoxy groups -OCH3 is 1. The second kappa shape index (κ2) is 4.28. The number of piperazine rings is 1. The molecule has 0 radical (unpaired) electrons. The monoisotopic (exact) mass is 198 g/mol. The molecule has 2 aliphatic heterocycles. The van der Waals surface area contributed by atoms with Crippen molar-refractivity contribution < 1.29 is 9.53 Å². The minimum atomic E-state index is -0.0587. The first-order valence-electron chi connectivity index (χ1n) is 5.37. The SMILES string of the molecule is COC(=O)C1CCCC2CNCCN21. The highest BCUT2D eigenvalue weighted by Crippen LogP contribution is 2.24. The molecular formula is C10H18N2O2. The molecule has 2 aliphatic rings. The highest BCUT2D eigenvalue weighted by atomic mass is 16.5. The zero-order valence-electron chi connectivity index (χ0n) is 8.66. The van der Waals surface area contributed by atoms with Gasteiger partial charge in [0.25, 0.3) is 0 Å². The van der Waals surface area contributed by atoms with Crippen LogP contribution in [0.4, 0.5) is 0 Å². The van der Waals surface area contributed by atoms with Crippen molar-refractivity contribution in [2.45, 2.75) is 31.3 Å². The fourth-order valence-electron chi connectivity index (χ4n) is 2.56. The third kappa shape index (κ3) is 1.77. The molecule has 14 heavy (non-hydrogen) atoms. The van der Waals surface area contributed by atoms with Crippen molar-refractivity contribution >= 4 is 5.97 Å². The highest BCUT2D eigenvalue weighted by Gasteiger charge is 2.36. The van der Waals surface area contributed by atoms with E-state index in [0.29, 0.717) is 6.04 Å². The van der Waals surface area contributed by atoms with Crippen LogP contribution in [-0.2, 0) is 9.53 Å².